The van der Waals surface area contributed by atoms with E-state index in [0.717, 1.165) is 0 Å². The number of hydrogen-bond donors (Lipinski definition) is 8. The van der Waals surface area contributed by atoms with Crippen molar-refractivity contribution in [2.45, 2.75) is 126 Å². The highest BCUT2D eigenvalue weighted by atomic mass is 16.7. The minimum absolute atomic E-state index is 0.000319. The van der Waals surface area contributed by atoms with Gasteiger partial charge in [-0.05, 0) is 26.7 Å². The summed E-state index contributed by atoms with van der Waals surface area (Å²) in [7, 11) is 0. The molecular weight excluding hydrogens is 630 g/mol. The van der Waals surface area contributed by atoms with Crippen molar-refractivity contribution in [1.82, 2.24) is 0 Å². The highest BCUT2D eigenvalue weighted by Gasteiger charge is 2.50. The van der Waals surface area contributed by atoms with Gasteiger partial charge in [0.25, 0.3) is 0 Å². The fourth-order valence-electron chi connectivity index (χ4n) is 5.87. The van der Waals surface area contributed by atoms with Gasteiger partial charge in [0.15, 0.2) is 12.1 Å². The Bertz CT molecular complexity index is 1200. The lowest BCUT2D eigenvalue weighted by Gasteiger charge is -2.45. The van der Waals surface area contributed by atoms with Crippen LogP contribution in [0.4, 0.5) is 0 Å². The Hall–Kier alpha value is -2.76. The zero-order chi connectivity index (χ0) is 35.6. The molecule has 0 amide bonds. The van der Waals surface area contributed by atoms with Gasteiger partial charge in [0.05, 0.1) is 48.8 Å². The van der Waals surface area contributed by atoms with Crippen LogP contribution in [-0.4, -0.2) is 121 Å². The Morgan fingerprint density at radius 3 is 2.21 bits per heavy atom. The molecule has 0 aromatic rings. The molecule has 0 spiro atoms. The van der Waals surface area contributed by atoms with Crippen molar-refractivity contribution >= 4 is 11.9 Å². The largest absolute Gasteiger partial charge is 0.481 e. The number of aliphatic hydroxyl groups excluding tert-OH is 5. The van der Waals surface area contributed by atoms with Crippen molar-refractivity contribution in [2.24, 2.45) is 17.6 Å². The molecule has 3 rings (SSSR count). The molecule has 3 aliphatic heterocycles. The highest BCUT2D eigenvalue weighted by Crippen LogP contribution is 2.38. The third-order valence-electron chi connectivity index (χ3n) is 8.77. The maximum atomic E-state index is 12.3. The summed E-state index contributed by atoms with van der Waals surface area (Å²) in [5.41, 5.74) is 5.97. The van der Waals surface area contributed by atoms with E-state index in [2.05, 4.69) is 0 Å². The summed E-state index contributed by atoms with van der Waals surface area (Å²) < 4.78 is 23.0. The van der Waals surface area contributed by atoms with Crippen LogP contribution in [0.3, 0.4) is 0 Å². The molecule has 14 atom stereocenters. The number of esters is 1. The van der Waals surface area contributed by atoms with Crippen LogP contribution in [0, 0.1) is 11.8 Å². The van der Waals surface area contributed by atoms with E-state index in [1.807, 2.05) is 13.0 Å². The summed E-state index contributed by atoms with van der Waals surface area (Å²) >= 11 is 0. The molecule has 270 valence electrons. The number of hydrogen-bond acceptors (Lipinski definition) is 13. The van der Waals surface area contributed by atoms with Crippen LogP contribution >= 0.6 is 0 Å². The second kappa shape index (κ2) is 18.3. The maximum Gasteiger partial charge on any atom is 0.330 e. The number of carboxylic acids is 1. The lowest BCUT2D eigenvalue weighted by atomic mass is 9.83. The Morgan fingerprint density at radius 1 is 0.896 bits per heavy atom. The topological polar surface area (TPSA) is 239 Å². The lowest BCUT2D eigenvalue weighted by Crippen LogP contribution is -2.61. The quantitative estimate of drug-likeness (QED) is 0.188. The molecule has 14 nitrogen and oxygen atoms in total. The Balaban J connectivity index is 1.92. The molecule has 3 heterocycles. The van der Waals surface area contributed by atoms with E-state index in [1.165, 1.54) is 12.2 Å². The smallest absolute Gasteiger partial charge is 0.330 e. The summed E-state index contributed by atoms with van der Waals surface area (Å²) in [5, 5.41) is 74.3. The molecule has 0 radical (unpaired) electrons. The third-order valence-corrected chi connectivity index (χ3v) is 8.77. The first-order valence-electron chi connectivity index (χ1n) is 16.3. The van der Waals surface area contributed by atoms with E-state index in [-0.39, 0.29) is 25.2 Å². The molecule has 0 aromatic carbocycles. The van der Waals surface area contributed by atoms with Crippen molar-refractivity contribution < 1.29 is 64.3 Å². The number of fused-ring (bicyclic) bond motifs is 2. The summed E-state index contributed by atoms with van der Waals surface area (Å²) in [6.07, 6.45) is 3.35. The second-order valence-electron chi connectivity index (χ2n) is 12.8. The van der Waals surface area contributed by atoms with Crippen LogP contribution in [0.15, 0.2) is 60.8 Å². The maximum absolute atomic E-state index is 12.3. The fraction of sp³-hybridized carbons (Fsp3) is 0.647. The lowest BCUT2D eigenvalue weighted by molar-refractivity contribution is -0.308. The van der Waals surface area contributed by atoms with Crippen LogP contribution in [0.2, 0.25) is 0 Å². The molecule has 2 saturated heterocycles. The van der Waals surface area contributed by atoms with Gasteiger partial charge in [-0.1, -0.05) is 61.6 Å². The van der Waals surface area contributed by atoms with E-state index in [0.29, 0.717) is 0 Å². The van der Waals surface area contributed by atoms with Crippen LogP contribution in [0.5, 0.6) is 0 Å². The van der Waals surface area contributed by atoms with Gasteiger partial charge in [0.1, 0.15) is 18.1 Å². The zero-order valence-corrected chi connectivity index (χ0v) is 27.5. The van der Waals surface area contributed by atoms with Gasteiger partial charge in [-0.25, -0.2) is 4.79 Å². The van der Waals surface area contributed by atoms with Crippen LogP contribution in [0.1, 0.15) is 52.9 Å². The monoisotopic (exact) mass is 681 g/mol. The number of ether oxygens (including phenoxy) is 4. The van der Waals surface area contributed by atoms with E-state index < -0.39 is 104 Å². The average Bonchev–Trinajstić information content (AvgIpc) is 2.98. The van der Waals surface area contributed by atoms with E-state index in [1.54, 1.807) is 56.4 Å². The number of aliphatic carboxylic acids is 1. The standard InChI is InChI=1S/C34H51NO13/c1-19-11-8-6-4-5-7-9-13-24(47-33-31(41)29(35)30(40)21(3)46-33)16-26-28(32(42)43)25(38)18-34(44,48-26)17-23(37)15-22(36)12-10-14-27(39)45-20(19)2/h4-11,13-14,19-26,28-31,33,36-38,40-41,44H,12,15-18,35H2,1-3H3,(H,42,43)/b6-4+,7-5+,11-8+,13-9+,14-10+/t19-,20+,21+,22-,23-,24-,25-,26?,28+,29-,30+,31-,33-,34+/m0/s1. The van der Waals surface area contributed by atoms with Crippen molar-refractivity contribution in [3.05, 3.63) is 60.8 Å². The Morgan fingerprint density at radius 2 is 1.54 bits per heavy atom. The molecule has 9 N–H and O–H groups in total. The van der Waals surface area contributed by atoms with Gasteiger partial charge in [-0.15, -0.1) is 0 Å². The SMILES string of the molecule is C[C@H]1/C=C/C=C/C=C/C=C/[C@H](O[C@@H]2O[C@H](C)[C@@H](O)[C@H](N)[C@@H]2O)CC2O[C@](O)(C[C@@H](O)C[C@@H](O)C/C=C/C(=O)O[C@@H]1C)C[C@H](O)[C@H]2C(=O)O. The molecular formula is C34H51NO13. The Labute approximate surface area is 280 Å². The van der Waals surface area contributed by atoms with Gasteiger partial charge in [-0.2, -0.15) is 0 Å². The number of cyclic esters (lactones) is 1. The summed E-state index contributed by atoms with van der Waals surface area (Å²) in [5.74, 6) is -5.75. The van der Waals surface area contributed by atoms with Crippen LogP contribution < -0.4 is 5.73 Å². The van der Waals surface area contributed by atoms with Crippen molar-refractivity contribution in [3.8, 4) is 0 Å². The molecule has 0 aliphatic carbocycles. The summed E-state index contributed by atoms with van der Waals surface area (Å²) in [6, 6.07) is -1.09. The van der Waals surface area contributed by atoms with Crippen LogP contribution in [-0.2, 0) is 28.5 Å². The first-order chi connectivity index (χ1) is 22.6. The normalized spacial score (nSPS) is 45.9. The number of carboxylic acid groups (broad SMARTS) is 1. The van der Waals surface area contributed by atoms with Crippen molar-refractivity contribution in [1.29, 1.82) is 0 Å². The van der Waals surface area contributed by atoms with Crippen molar-refractivity contribution in [3.63, 3.8) is 0 Å². The molecule has 3 aliphatic rings. The molecule has 48 heavy (non-hydrogen) atoms. The summed E-state index contributed by atoms with van der Waals surface area (Å²) in [4.78, 5) is 24.5. The first kappa shape index (κ1) is 39.7. The molecule has 2 bridgehead atoms. The van der Waals surface area contributed by atoms with Crippen LogP contribution in [0.25, 0.3) is 0 Å². The number of rotatable bonds is 3. The van der Waals surface area contributed by atoms with E-state index in [4.69, 9.17) is 24.7 Å². The second-order valence-corrected chi connectivity index (χ2v) is 12.8. The molecule has 0 aromatic heterocycles. The summed E-state index contributed by atoms with van der Waals surface area (Å²) in [6.45, 7) is 5.21. The number of nitrogens with two attached hydrogens (primary N) is 1. The minimum atomic E-state index is -2.18. The average molecular weight is 682 g/mol. The molecule has 0 saturated carbocycles. The van der Waals surface area contributed by atoms with E-state index in [9.17, 15) is 45.3 Å². The number of aliphatic hydroxyl groups is 6. The fourth-order valence-corrected chi connectivity index (χ4v) is 5.87. The van der Waals surface area contributed by atoms with E-state index >= 15 is 0 Å². The zero-order valence-electron chi connectivity index (χ0n) is 27.5. The predicted octanol–water partition coefficient (Wildman–Crippen LogP) is 0.349. The number of carbonyl (C=O) groups is 2. The minimum Gasteiger partial charge on any atom is -0.481 e. The van der Waals surface area contributed by atoms with Gasteiger partial charge in [0, 0.05) is 31.3 Å². The predicted molar refractivity (Wildman–Crippen MR) is 172 cm³/mol. The number of carbonyl (C=O) groups excluding carboxylic acids is 1. The van der Waals surface area contributed by atoms with Gasteiger partial charge in [-0.3, -0.25) is 4.79 Å². The Kier molecular flexibility index (Phi) is 15.1. The number of allylic oxidation sites excluding steroid dienone is 6. The molecule has 2 fully saturated rings. The van der Waals surface area contributed by atoms with Gasteiger partial charge in [0.2, 0.25) is 0 Å². The highest BCUT2D eigenvalue weighted by molar-refractivity contribution is 5.82. The molecule has 1 unspecified atom stereocenters. The van der Waals surface area contributed by atoms with Crippen molar-refractivity contribution in [2.75, 3.05) is 0 Å². The molecule has 14 heteroatoms. The first-order valence-corrected chi connectivity index (χ1v) is 16.3. The third kappa shape index (κ3) is 11.7. The van der Waals surface area contributed by atoms with Gasteiger partial charge < -0.3 is 60.4 Å². The van der Waals surface area contributed by atoms with Gasteiger partial charge >= 0.3 is 11.9 Å².